The molecular weight excluding hydrogens is 272 g/mol. The van der Waals surface area contributed by atoms with E-state index in [4.69, 9.17) is 0 Å². The van der Waals surface area contributed by atoms with Crippen molar-refractivity contribution in [2.45, 2.75) is 66.2 Å². The van der Waals surface area contributed by atoms with Crippen molar-refractivity contribution in [1.29, 1.82) is 0 Å². The van der Waals surface area contributed by atoms with Crippen molar-refractivity contribution in [2.75, 3.05) is 32.7 Å². The van der Waals surface area contributed by atoms with Crippen LogP contribution in [-0.2, 0) is 4.79 Å². The van der Waals surface area contributed by atoms with Gasteiger partial charge in [0.25, 0.3) is 0 Å². The summed E-state index contributed by atoms with van der Waals surface area (Å²) in [7, 11) is 0. The molecule has 0 atom stereocenters. The van der Waals surface area contributed by atoms with Crippen LogP contribution < -0.4 is 0 Å². The fourth-order valence-electron chi connectivity index (χ4n) is 4.03. The number of hydrogen-bond donors (Lipinski definition) is 0. The third kappa shape index (κ3) is 4.97. The molecule has 2 rings (SSSR count). The molecule has 0 aliphatic carbocycles. The average Bonchev–Trinajstić information content (AvgIpc) is 2.48. The number of rotatable bonds is 5. The number of likely N-dealkylation sites (tertiary alicyclic amines) is 2. The van der Waals surface area contributed by atoms with Crippen LogP contribution in [0.4, 0.5) is 0 Å². The van der Waals surface area contributed by atoms with Gasteiger partial charge >= 0.3 is 0 Å². The van der Waals surface area contributed by atoms with E-state index in [0.29, 0.717) is 17.2 Å². The topological polar surface area (TPSA) is 23.6 Å². The number of piperidine rings is 2. The summed E-state index contributed by atoms with van der Waals surface area (Å²) < 4.78 is 0. The van der Waals surface area contributed by atoms with Crippen LogP contribution >= 0.6 is 0 Å². The van der Waals surface area contributed by atoms with Crippen LogP contribution in [0.5, 0.6) is 0 Å². The Morgan fingerprint density at radius 3 is 1.95 bits per heavy atom. The maximum atomic E-state index is 12.3. The number of nitrogens with zero attached hydrogens (tertiary/aromatic N) is 2. The predicted octanol–water partition coefficient (Wildman–Crippen LogP) is 3.78. The zero-order valence-corrected chi connectivity index (χ0v) is 15.2. The van der Waals surface area contributed by atoms with E-state index in [0.717, 1.165) is 31.8 Å². The summed E-state index contributed by atoms with van der Waals surface area (Å²) in [4.78, 5) is 17.0. The van der Waals surface area contributed by atoms with Gasteiger partial charge in [-0.15, -0.1) is 0 Å². The standard InChI is InChI=1S/C19H36N2O/c1-16(2)5-6-18(22)21-13-9-19(10-14-21)7-11-20(12-8-19)15-17(3)4/h16-17H,5-15H2,1-4H3. The Morgan fingerprint density at radius 2 is 1.45 bits per heavy atom. The number of amides is 1. The van der Waals surface area contributed by atoms with Gasteiger partial charge in [0.1, 0.15) is 0 Å². The summed E-state index contributed by atoms with van der Waals surface area (Å²) in [5.41, 5.74) is 0.544. The van der Waals surface area contributed by atoms with Crippen LogP contribution in [0.25, 0.3) is 0 Å². The molecule has 2 fully saturated rings. The minimum Gasteiger partial charge on any atom is -0.343 e. The number of hydrogen-bond acceptors (Lipinski definition) is 2. The zero-order valence-electron chi connectivity index (χ0n) is 15.2. The van der Waals surface area contributed by atoms with Gasteiger partial charge in [-0.3, -0.25) is 4.79 Å². The van der Waals surface area contributed by atoms with Crippen LogP contribution in [0.15, 0.2) is 0 Å². The van der Waals surface area contributed by atoms with Crippen molar-refractivity contribution >= 4 is 5.91 Å². The lowest BCUT2D eigenvalue weighted by Crippen LogP contribution is -2.48. The summed E-state index contributed by atoms with van der Waals surface area (Å²) in [6.07, 6.45) is 6.92. The lowest BCUT2D eigenvalue weighted by molar-refractivity contribution is -0.134. The van der Waals surface area contributed by atoms with Gasteiger partial charge in [-0.25, -0.2) is 0 Å². The Kier molecular flexibility index (Phi) is 6.31. The minimum atomic E-state index is 0.390. The summed E-state index contributed by atoms with van der Waals surface area (Å²) in [5, 5.41) is 0. The molecule has 2 heterocycles. The Bertz CT molecular complexity index is 346. The van der Waals surface area contributed by atoms with Gasteiger partial charge in [-0.05, 0) is 62.4 Å². The van der Waals surface area contributed by atoms with Gasteiger partial charge in [-0.1, -0.05) is 27.7 Å². The highest BCUT2D eigenvalue weighted by Gasteiger charge is 2.38. The molecule has 0 radical (unpaired) electrons. The van der Waals surface area contributed by atoms with Gasteiger partial charge in [0.15, 0.2) is 0 Å². The molecule has 0 unspecified atom stereocenters. The van der Waals surface area contributed by atoms with E-state index >= 15 is 0 Å². The largest absolute Gasteiger partial charge is 0.343 e. The molecule has 3 heteroatoms. The number of carbonyl (C=O) groups excluding carboxylic acids is 1. The highest BCUT2D eigenvalue weighted by molar-refractivity contribution is 5.76. The third-order valence-electron chi connectivity index (χ3n) is 5.65. The Hall–Kier alpha value is -0.570. The Balaban J connectivity index is 1.74. The van der Waals surface area contributed by atoms with E-state index in [1.165, 1.54) is 45.3 Å². The van der Waals surface area contributed by atoms with E-state index in [1.54, 1.807) is 0 Å². The molecule has 3 nitrogen and oxygen atoms in total. The first kappa shape index (κ1) is 17.8. The summed E-state index contributed by atoms with van der Waals surface area (Å²) in [5.74, 6) is 1.79. The zero-order chi connectivity index (χ0) is 16.2. The molecule has 0 saturated carbocycles. The number of carbonyl (C=O) groups is 1. The average molecular weight is 309 g/mol. The SMILES string of the molecule is CC(C)CCC(=O)N1CCC2(CCN(CC(C)C)CC2)CC1. The van der Waals surface area contributed by atoms with Crippen molar-refractivity contribution in [1.82, 2.24) is 9.80 Å². The van der Waals surface area contributed by atoms with Crippen LogP contribution in [-0.4, -0.2) is 48.4 Å². The van der Waals surface area contributed by atoms with Crippen molar-refractivity contribution in [3.05, 3.63) is 0 Å². The van der Waals surface area contributed by atoms with Gasteiger partial charge in [0, 0.05) is 26.1 Å². The minimum absolute atomic E-state index is 0.390. The molecule has 0 N–H and O–H groups in total. The van der Waals surface area contributed by atoms with Crippen LogP contribution in [0.2, 0.25) is 0 Å². The molecule has 2 aliphatic heterocycles. The fraction of sp³-hybridized carbons (Fsp3) is 0.947. The molecule has 0 bridgehead atoms. The fourth-order valence-corrected chi connectivity index (χ4v) is 4.03. The van der Waals surface area contributed by atoms with Gasteiger partial charge < -0.3 is 9.80 Å². The second-order valence-corrected chi connectivity index (χ2v) is 8.51. The molecule has 0 aromatic rings. The quantitative estimate of drug-likeness (QED) is 0.771. The second kappa shape index (κ2) is 7.81. The maximum Gasteiger partial charge on any atom is 0.222 e. The lowest BCUT2D eigenvalue weighted by atomic mass is 9.71. The van der Waals surface area contributed by atoms with Gasteiger partial charge in [0.2, 0.25) is 5.91 Å². The Morgan fingerprint density at radius 1 is 0.909 bits per heavy atom. The van der Waals surface area contributed by atoms with E-state index in [2.05, 4.69) is 37.5 Å². The van der Waals surface area contributed by atoms with Crippen molar-refractivity contribution in [3.63, 3.8) is 0 Å². The first-order valence-electron chi connectivity index (χ1n) is 9.40. The summed E-state index contributed by atoms with van der Waals surface area (Å²) >= 11 is 0. The molecular formula is C19H36N2O. The molecule has 1 amide bonds. The lowest BCUT2D eigenvalue weighted by Gasteiger charge is -2.47. The molecule has 0 aromatic carbocycles. The van der Waals surface area contributed by atoms with E-state index < -0.39 is 0 Å². The molecule has 1 spiro atoms. The van der Waals surface area contributed by atoms with E-state index in [-0.39, 0.29) is 0 Å². The van der Waals surface area contributed by atoms with Crippen molar-refractivity contribution < 1.29 is 4.79 Å². The normalized spacial score (nSPS) is 22.7. The van der Waals surface area contributed by atoms with Gasteiger partial charge in [0.05, 0.1) is 0 Å². The molecule has 0 aromatic heterocycles. The Labute approximate surface area is 137 Å². The van der Waals surface area contributed by atoms with Crippen LogP contribution in [0.3, 0.4) is 0 Å². The maximum absolute atomic E-state index is 12.3. The molecule has 22 heavy (non-hydrogen) atoms. The van der Waals surface area contributed by atoms with Crippen LogP contribution in [0.1, 0.15) is 66.2 Å². The first-order chi connectivity index (χ1) is 10.4. The third-order valence-corrected chi connectivity index (χ3v) is 5.65. The first-order valence-corrected chi connectivity index (χ1v) is 9.40. The summed E-state index contributed by atoms with van der Waals surface area (Å²) in [6.45, 7) is 14.8. The van der Waals surface area contributed by atoms with E-state index in [9.17, 15) is 4.79 Å². The smallest absolute Gasteiger partial charge is 0.222 e. The molecule has 2 aliphatic rings. The van der Waals surface area contributed by atoms with Crippen molar-refractivity contribution in [2.24, 2.45) is 17.3 Å². The highest BCUT2D eigenvalue weighted by atomic mass is 16.2. The molecule has 128 valence electrons. The van der Waals surface area contributed by atoms with Crippen molar-refractivity contribution in [3.8, 4) is 0 Å². The predicted molar refractivity (Wildman–Crippen MR) is 92.8 cm³/mol. The van der Waals surface area contributed by atoms with Gasteiger partial charge in [-0.2, -0.15) is 0 Å². The van der Waals surface area contributed by atoms with E-state index in [1.807, 2.05) is 0 Å². The summed E-state index contributed by atoms with van der Waals surface area (Å²) in [6, 6.07) is 0. The monoisotopic (exact) mass is 308 g/mol. The highest BCUT2D eigenvalue weighted by Crippen LogP contribution is 2.41. The van der Waals surface area contributed by atoms with Crippen LogP contribution in [0, 0.1) is 17.3 Å². The second-order valence-electron chi connectivity index (χ2n) is 8.51. The molecule has 2 saturated heterocycles.